The Bertz CT molecular complexity index is 7000. The molecule has 16 aromatic rings. The van der Waals surface area contributed by atoms with Gasteiger partial charge in [-0.25, -0.2) is 19.2 Å². The van der Waals surface area contributed by atoms with Crippen LogP contribution in [-0.4, -0.2) is 43.7 Å². The molecule has 12 heteroatoms. The van der Waals surface area contributed by atoms with Crippen LogP contribution in [-0.2, 0) is 64.0 Å². The number of hydrogen-bond acceptors (Lipinski definition) is 12. The minimum atomic E-state index is -0.415. The Morgan fingerprint density at radius 1 is 0.208 bits per heavy atom. The molecule has 0 fully saturated rings. The van der Waals surface area contributed by atoms with Crippen molar-refractivity contribution in [3.63, 3.8) is 0 Å². The fourth-order valence-corrected chi connectivity index (χ4v) is 17.5. The SMILES string of the molecule is C=CC(=O)OCCCCCc1ccc(-c2ccc(N(c3ccc(C)cc3)c3ccc(C)cc3)cc2)cc1.C=CC(=O)OCCc1ccc(-c2ccc(N(c3ccc(C)c(C)c3)c3c(C)cc(C)cc3C)cc2)cc1.C=CC(=O)OCCc1ccc(-c2ccc(N(c3ccc(C)c(C)c3)c3ccc(C)cc3C)cc2)cc1.C=CC(=O)OCc1ccc(-c2ccc(N(c3ccc(C)cc3)c3ccc(C)cc3C)cc2)cc1. The summed E-state index contributed by atoms with van der Waals surface area (Å²) in [6, 6.07) is 126. The number of rotatable bonds is 34. The monoisotopic (exact) mass is 1900 g/mol. The molecule has 0 aliphatic rings. The molecule has 0 unspecified atom stereocenters. The summed E-state index contributed by atoms with van der Waals surface area (Å²) in [6.07, 6.45) is 10.1. The van der Waals surface area contributed by atoms with Gasteiger partial charge in [-0.05, 0) is 355 Å². The van der Waals surface area contributed by atoms with E-state index in [-0.39, 0.29) is 24.5 Å². The van der Waals surface area contributed by atoms with Crippen molar-refractivity contribution in [1.29, 1.82) is 0 Å². The zero-order valence-electron chi connectivity index (χ0n) is 85.8. The Morgan fingerprint density at radius 2 is 0.465 bits per heavy atom. The third-order valence-corrected chi connectivity index (χ3v) is 25.7. The molecule has 0 amide bonds. The fourth-order valence-electron chi connectivity index (χ4n) is 17.5. The summed E-state index contributed by atoms with van der Waals surface area (Å²) in [4.78, 5) is 54.1. The first-order valence-corrected chi connectivity index (χ1v) is 49.3. The Labute approximate surface area is 853 Å². The molecule has 0 N–H and O–H groups in total. The van der Waals surface area contributed by atoms with Crippen LogP contribution in [0.3, 0.4) is 0 Å². The first-order valence-electron chi connectivity index (χ1n) is 49.3. The van der Waals surface area contributed by atoms with Gasteiger partial charge in [-0.2, -0.15) is 0 Å². The van der Waals surface area contributed by atoms with E-state index in [9.17, 15) is 19.2 Å². The zero-order valence-corrected chi connectivity index (χ0v) is 85.8. The smallest absolute Gasteiger partial charge is 0.330 e. The summed E-state index contributed by atoms with van der Waals surface area (Å²) in [5.74, 6) is -1.53. The quantitative estimate of drug-likeness (QED) is 0.0165. The third-order valence-electron chi connectivity index (χ3n) is 25.7. The average Bonchev–Trinajstić information content (AvgIpc) is 0.731. The summed E-state index contributed by atoms with van der Waals surface area (Å²) < 4.78 is 20.3. The molecule has 0 heterocycles. The van der Waals surface area contributed by atoms with E-state index >= 15 is 0 Å². The molecule has 0 aliphatic carbocycles. The number of hydrogen-bond donors (Lipinski definition) is 0. The second-order valence-electron chi connectivity index (χ2n) is 36.9. The van der Waals surface area contributed by atoms with E-state index in [1.54, 1.807) is 0 Å². The van der Waals surface area contributed by atoms with Crippen molar-refractivity contribution in [2.75, 3.05) is 39.4 Å². The molecule has 16 rings (SSSR count). The number of carbonyl (C=O) groups is 4. The minimum Gasteiger partial charge on any atom is -0.463 e. The van der Waals surface area contributed by atoms with Crippen molar-refractivity contribution in [2.45, 2.75) is 142 Å². The predicted octanol–water partition coefficient (Wildman–Crippen LogP) is 33.8. The lowest BCUT2D eigenvalue weighted by Crippen LogP contribution is -2.13. The Hall–Kier alpha value is -16.4. The molecule has 0 atom stereocenters. The van der Waals surface area contributed by atoms with Crippen molar-refractivity contribution in [1.82, 2.24) is 0 Å². The van der Waals surface area contributed by atoms with Gasteiger partial charge < -0.3 is 38.5 Å². The van der Waals surface area contributed by atoms with Crippen LogP contribution in [0.25, 0.3) is 44.5 Å². The molecule has 0 radical (unpaired) electrons. The Balaban J connectivity index is 0.000000161. The van der Waals surface area contributed by atoms with Gasteiger partial charge in [0.1, 0.15) is 6.61 Å². The zero-order chi connectivity index (χ0) is 102. The van der Waals surface area contributed by atoms with Crippen LogP contribution in [0, 0.1) is 96.9 Å². The van der Waals surface area contributed by atoms with Gasteiger partial charge in [-0.1, -0.05) is 290 Å². The van der Waals surface area contributed by atoms with Gasteiger partial charge in [0.05, 0.1) is 25.5 Å². The van der Waals surface area contributed by atoms with E-state index in [0.717, 1.165) is 127 Å². The molecule has 0 saturated heterocycles. The van der Waals surface area contributed by atoms with Gasteiger partial charge in [-0.15, -0.1) is 0 Å². The molecule has 144 heavy (non-hydrogen) atoms. The molecule has 0 saturated carbocycles. The number of anilines is 12. The van der Waals surface area contributed by atoms with Crippen molar-refractivity contribution < 1.29 is 38.1 Å². The molecule has 728 valence electrons. The minimum absolute atomic E-state index is 0.242. The highest BCUT2D eigenvalue weighted by Crippen LogP contribution is 2.45. The van der Waals surface area contributed by atoms with Crippen LogP contribution in [0.5, 0.6) is 0 Å². The lowest BCUT2D eigenvalue weighted by molar-refractivity contribution is -0.139. The van der Waals surface area contributed by atoms with Crippen molar-refractivity contribution in [3.8, 4) is 44.5 Å². The van der Waals surface area contributed by atoms with Crippen LogP contribution in [0.2, 0.25) is 0 Å². The highest BCUT2D eigenvalue weighted by molar-refractivity contribution is 5.88. The van der Waals surface area contributed by atoms with E-state index < -0.39 is 5.97 Å². The van der Waals surface area contributed by atoms with Crippen LogP contribution >= 0.6 is 0 Å². The third kappa shape index (κ3) is 28.9. The first kappa shape index (κ1) is 105. The van der Waals surface area contributed by atoms with Gasteiger partial charge >= 0.3 is 23.9 Å². The van der Waals surface area contributed by atoms with Crippen molar-refractivity contribution in [3.05, 3.63) is 503 Å². The summed E-state index contributed by atoms with van der Waals surface area (Å²) >= 11 is 0. The van der Waals surface area contributed by atoms with Crippen LogP contribution in [0.15, 0.2) is 402 Å². The number of ether oxygens (including phenoxy) is 4. The molecule has 0 spiro atoms. The van der Waals surface area contributed by atoms with Gasteiger partial charge in [0.25, 0.3) is 0 Å². The normalized spacial score (nSPS) is 10.7. The molecular weight excluding hydrogens is 1770 g/mol. The van der Waals surface area contributed by atoms with Crippen LogP contribution < -0.4 is 19.6 Å². The largest absolute Gasteiger partial charge is 0.463 e. The number of aryl methyl sites for hydroxylation is 15. The highest BCUT2D eigenvalue weighted by atomic mass is 16.5. The van der Waals surface area contributed by atoms with Crippen molar-refractivity contribution >= 4 is 92.1 Å². The van der Waals surface area contributed by atoms with E-state index in [1.807, 2.05) is 24.3 Å². The Morgan fingerprint density at radius 3 is 0.792 bits per heavy atom. The maximum Gasteiger partial charge on any atom is 0.330 e. The van der Waals surface area contributed by atoms with Crippen LogP contribution in [0.4, 0.5) is 68.2 Å². The van der Waals surface area contributed by atoms with Gasteiger partial charge in [0, 0.05) is 99.7 Å². The molecule has 0 bridgehead atoms. The number of unbranched alkanes of at least 4 members (excludes halogenated alkanes) is 2. The second-order valence-corrected chi connectivity index (χ2v) is 36.9. The summed E-state index contributed by atoms with van der Waals surface area (Å²) in [6.45, 7) is 45.2. The molecule has 0 aliphatic heterocycles. The maximum absolute atomic E-state index is 11.3. The van der Waals surface area contributed by atoms with E-state index in [2.05, 4.69) is 470 Å². The van der Waals surface area contributed by atoms with Gasteiger partial charge in [-0.3, -0.25) is 0 Å². The highest BCUT2D eigenvalue weighted by Gasteiger charge is 2.23. The summed E-state index contributed by atoms with van der Waals surface area (Å²) in [5.41, 5.74) is 45.2. The molecule has 12 nitrogen and oxygen atoms in total. The first-order chi connectivity index (χ1) is 69.6. The van der Waals surface area contributed by atoms with Crippen LogP contribution in [0.1, 0.15) is 119 Å². The molecule has 0 aromatic heterocycles. The average molecular weight is 1900 g/mol. The second kappa shape index (κ2) is 51.1. The lowest BCUT2D eigenvalue weighted by atomic mass is 10.00. The Kier molecular flexibility index (Phi) is 37.2. The summed E-state index contributed by atoms with van der Waals surface area (Å²) in [7, 11) is 0. The fraction of sp³-hybridized carbons (Fsp3) is 0.182. The van der Waals surface area contributed by atoms with E-state index in [1.165, 1.54) is 136 Å². The van der Waals surface area contributed by atoms with Crippen molar-refractivity contribution in [2.24, 2.45) is 0 Å². The maximum atomic E-state index is 11.3. The topological polar surface area (TPSA) is 118 Å². The number of carbonyl (C=O) groups excluding carboxylic acids is 4. The number of nitrogens with zero attached hydrogens (tertiary/aromatic N) is 4. The standard InChI is InChI=1S/2C34H35NO2.C33H33NO2.C31H29NO2/c1-7-33(36)37-19-18-28-9-11-29(12-10-28)30-13-16-31(17-14-30)35(32-15-8-24(3)25(4)22-32)34-26(5)20-23(2)21-27(34)6;1-4-34(36)37-25-7-5-6-8-28-13-15-29(16-14-28)30-17-23-33(24-18-30)35(31-19-9-26(2)10-20-31)32-21-11-27(3)12-22-32;1-6-33(35)36-20-19-27-9-11-28(12-10-27)29-13-16-30(17-14-29)34(31-15-8-24(3)25(4)22-31)32-18-7-23(2)21-26(32)5;1-5-31(33)34-21-25-9-11-26(12-10-25)27-13-17-29(18-14-27)32(28-15-6-22(2)7-16-28)30-19-8-23(3)20-24(30)4/h7-17,20-22H,1,18-19H2,2-6H3;4,9-24H,1,5-8,25H2,2-3H3;6-18,21-22H,1,19-20H2,2-5H3;5-20H,1,21H2,2-4H3. The van der Waals surface area contributed by atoms with E-state index in [4.69, 9.17) is 18.9 Å². The number of benzene rings is 16. The van der Waals surface area contributed by atoms with Gasteiger partial charge in [0.2, 0.25) is 0 Å². The molecule has 16 aromatic carbocycles. The van der Waals surface area contributed by atoms with Gasteiger partial charge in [0.15, 0.2) is 0 Å². The lowest BCUT2D eigenvalue weighted by Gasteiger charge is -2.29. The predicted molar refractivity (Wildman–Crippen MR) is 601 cm³/mol. The number of esters is 4. The summed E-state index contributed by atoms with van der Waals surface area (Å²) in [5, 5.41) is 0. The molecular formula is C132H132N4O8. The van der Waals surface area contributed by atoms with E-state index in [0.29, 0.717) is 32.7 Å².